The molecule has 0 aliphatic carbocycles. The van der Waals surface area contributed by atoms with Crippen LogP contribution < -0.4 is 5.73 Å². The molecule has 0 atom stereocenters. The number of esters is 1. The molecule has 1 aromatic heterocycles. The maximum atomic E-state index is 12.0. The minimum atomic E-state index is -0.298. The fourth-order valence-electron chi connectivity index (χ4n) is 2.28. The van der Waals surface area contributed by atoms with Crippen molar-refractivity contribution >= 4 is 11.7 Å². The fourth-order valence-corrected chi connectivity index (χ4v) is 2.28. The molecule has 0 radical (unpaired) electrons. The number of ether oxygens (including phenoxy) is 1. The maximum Gasteiger partial charge on any atom is 0.355 e. The second-order valence-electron chi connectivity index (χ2n) is 5.02. The van der Waals surface area contributed by atoms with Gasteiger partial charge in [0.15, 0.2) is 0 Å². The molecule has 0 fully saturated rings. The van der Waals surface area contributed by atoms with Gasteiger partial charge in [-0.05, 0) is 37.8 Å². The number of carbonyl (C=O) groups excluding carboxylic acids is 1. The van der Waals surface area contributed by atoms with Crippen molar-refractivity contribution in [3.63, 3.8) is 0 Å². The number of nitrogens with zero attached hydrogens (tertiary/aromatic N) is 1. The van der Waals surface area contributed by atoms with Crippen LogP contribution in [-0.4, -0.2) is 17.1 Å². The predicted octanol–water partition coefficient (Wildman–Crippen LogP) is 3.27. The smallest absolute Gasteiger partial charge is 0.355 e. The van der Waals surface area contributed by atoms with Crippen LogP contribution in [0.2, 0.25) is 0 Å². The Morgan fingerprint density at radius 1 is 1.24 bits per heavy atom. The second kappa shape index (κ2) is 7.53. The summed E-state index contributed by atoms with van der Waals surface area (Å²) in [5, 5.41) is 0. The van der Waals surface area contributed by atoms with Crippen molar-refractivity contribution in [3.05, 3.63) is 53.9 Å². The molecule has 2 rings (SSSR count). The number of nitrogen functional groups attached to an aromatic ring is 1. The Morgan fingerprint density at radius 2 is 2.00 bits per heavy atom. The lowest BCUT2D eigenvalue weighted by molar-refractivity contribution is 0.0486. The molecule has 0 aliphatic heterocycles. The van der Waals surface area contributed by atoms with Crippen molar-refractivity contribution < 1.29 is 9.53 Å². The lowest BCUT2D eigenvalue weighted by Crippen LogP contribution is -2.12. The number of aryl methyl sites for hydroxylation is 2. The second-order valence-corrected chi connectivity index (χ2v) is 5.02. The average Bonchev–Trinajstić information content (AvgIpc) is 2.89. The summed E-state index contributed by atoms with van der Waals surface area (Å²) in [4.78, 5) is 12.0. The van der Waals surface area contributed by atoms with E-state index < -0.39 is 0 Å². The monoisotopic (exact) mass is 286 g/mol. The zero-order valence-electron chi connectivity index (χ0n) is 12.4. The maximum absolute atomic E-state index is 12.0. The molecule has 0 spiro atoms. The molecule has 1 aromatic carbocycles. The fraction of sp³-hybridized carbons (Fsp3) is 0.353. The number of rotatable bonds is 7. The van der Waals surface area contributed by atoms with Gasteiger partial charge in [-0.2, -0.15) is 0 Å². The number of aromatic nitrogens is 1. The summed E-state index contributed by atoms with van der Waals surface area (Å²) >= 11 is 0. The number of nitrogens with two attached hydrogens (primary N) is 1. The SMILES string of the molecule is CCn1cc(N)cc1C(=O)OCCCCc1ccccc1. The van der Waals surface area contributed by atoms with E-state index in [1.54, 1.807) is 12.3 Å². The van der Waals surface area contributed by atoms with Gasteiger partial charge in [-0.25, -0.2) is 4.79 Å². The van der Waals surface area contributed by atoms with Crippen LogP contribution in [0.25, 0.3) is 0 Å². The van der Waals surface area contributed by atoms with Gasteiger partial charge in [0.2, 0.25) is 0 Å². The van der Waals surface area contributed by atoms with Gasteiger partial charge in [0, 0.05) is 12.7 Å². The summed E-state index contributed by atoms with van der Waals surface area (Å²) in [5.74, 6) is -0.298. The zero-order chi connectivity index (χ0) is 15.1. The van der Waals surface area contributed by atoms with Gasteiger partial charge in [0.1, 0.15) is 5.69 Å². The minimum Gasteiger partial charge on any atom is -0.461 e. The molecule has 0 saturated carbocycles. The molecule has 112 valence electrons. The Bertz CT molecular complexity index is 576. The van der Waals surface area contributed by atoms with Crippen LogP contribution in [0.1, 0.15) is 35.8 Å². The molecule has 0 bridgehead atoms. The normalized spacial score (nSPS) is 10.5. The molecule has 4 heteroatoms. The van der Waals surface area contributed by atoms with Crippen LogP contribution in [-0.2, 0) is 17.7 Å². The number of anilines is 1. The van der Waals surface area contributed by atoms with E-state index in [1.807, 2.05) is 29.7 Å². The number of carbonyl (C=O) groups is 1. The van der Waals surface area contributed by atoms with Gasteiger partial charge < -0.3 is 15.0 Å². The van der Waals surface area contributed by atoms with Crippen LogP contribution in [0, 0.1) is 0 Å². The first-order chi connectivity index (χ1) is 10.2. The molecule has 2 N–H and O–H groups in total. The minimum absolute atomic E-state index is 0.298. The first kappa shape index (κ1) is 15.2. The van der Waals surface area contributed by atoms with Gasteiger partial charge in [-0.3, -0.25) is 0 Å². The Labute approximate surface area is 125 Å². The quantitative estimate of drug-likeness (QED) is 0.628. The van der Waals surface area contributed by atoms with Crippen molar-refractivity contribution in [1.29, 1.82) is 0 Å². The van der Waals surface area contributed by atoms with E-state index in [4.69, 9.17) is 10.5 Å². The van der Waals surface area contributed by atoms with Crippen molar-refractivity contribution in [2.75, 3.05) is 12.3 Å². The molecule has 1 heterocycles. The molecule has 2 aromatic rings. The Hall–Kier alpha value is -2.23. The molecular weight excluding hydrogens is 264 g/mol. The molecule has 0 unspecified atom stereocenters. The third-order valence-electron chi connectivity index (χ3n) is 3.40. The molecule has 4 nitrogen and oxygen atoms in total. The lowest BCUT2D eigenvalue weighted by atomic mass is 10.1. The summed E-state index contributed by atoms with van der Waals surface area (Å²) < 4.78 is 7.11. The van der Waals surface area contributed by atoms with E-state index in [1.165, 1.54) is 5.56 Å². The van der Waals surface area contributed by atoms with Crippen molar-refractivity contribution in [3.8, 4) is 0 Å². The first-order valence-electron chi connectivity index (χ1n) is 7.37. The van der Waals surface area contributed by atoms with Crippen molar-refractivity contribution in [1.82, 2.24) is 4.57 Å². The summed E-state index contributed by atoms with van der Waals surface area (Å²) in [6, 6.07) is 12.0. The van der Waals surface area contributed by atoms with Crippen LogP contribution in [0.3, 0.4) is 0 Å². The summed E-state index contributed by atoms with van der Waals surface area (Å²) in [6.45, 7) is 3.12. The van der Waals surface area contributed by atoms with Crippen molar-refractivity contribution in [2.24, 2.45) is 0 Å². The van der Waals surface area contributed by atoms with Gasteiger partial charge in [0.25, 0.3) is 0 Å². The summed E-state index contributed by atoms with van der Waals surface area (Å²) in [7, 11) is 0. The van der Waals surface area contributed by atoms with Gasteiger partial charge in [-0.15, -0.1) is 0 Å². The van der Waals surface area contributed by atoms with Gasteiger partial charge in [0.05, 0.1) is 12.3 Å². The van der Waals surface area contributed by atoms with E-state index in [9.17, 15) is 4.79 Å². The largest absolute Gasteiger partial charge is 0.461 e. The van der Waals surface area contributed by atoms with Gasteiger partial charge in [-0.1, -0.05) is 30.3 Å². The number of unbranched alkanes of at least 4 members (excludes halogenated alkanes) is 1. The highest BCUT2D eigenvalue weighted by molar-refractivity contribution is 5.89. The van der Waals surface area contributed by atoms with E-state index in [0.29, 0.717) is 24.5 Å². The van der Waals surface area contributed by atoms with E-state index in [-0.39, 0.29) is 5.97 Å². The standard InChI is InChI=1S/C17H22N2O2/c1-2-19-13-15(18)12-16(19)17(20)21-11-7-6-10-14-8-4-3-5-9-14/h3-5,8-9,12-13H,2,6-7,10-11,18H2,1H3. The zero-order valence-corrected chi connectivity index (χ0v) is 12.4. The summed E-state index contributed by atoms with van der Waals surface area (Å²) in [5.41, 5.74) is 8.14. The van der Waals surface area contributed by atoms with E-state index >= 15 is 0 Å². The molecule has 0 saturated heterocycles. The topological polar surface area (TPSA) is 57.2 Å². The van der Waals surface area contributed by atoms with Crippen LogP contribution in [0.15, 0.2) is 42.6 Å². The first-order valence-corrected chi connectivity index (χ1v) is 7.37. The third-order valence-corrected chi connectivity index (χ3v) is 3.40. The average molecular weight is 286 g/mol. The van der Waals surface area contributed by atoms with Crippen LogP contribution in [0.5, 0.6) is 0 Å². The molecule has 0 amide bonds. The highest BCUT2D eigenvalue weighted by Gasteiger charge is 2.13. The van der Waals surface area contributed by atoms with Crippen LogP contribution in [0.4, 0.5) is 5.69 Å². The number of hydrogen-bond donors (Lipinski definition) is 1. The highest BCUT2D eigenvalue weighted by Crippen LogP contribution is 2.12. The molecule has 0 aliphatic rings. The molecule has 21 heavy (non-hydrogen) atoms. The Kier molecular flexibility index (Phi) is 5.43. The Morgan fingerprint density at radius 3 is 2.71 bits per heavy atom. The van der Waals surface area contributed by atoms with E-state index in [0.717, 1.165) is 19.3 Å². The third kappa shape index (κ3) is 4.38. The van der Waals surface area contributed by atoms with Crippen molar-refractivity contribution in [2.45, 2.75) is 32.7 Å². The highest BCUT2D eigenvalue weighted by atomic mass is 16.5. The number of hydrogen-bond acceptors (Lipinski definition) is 3. The van der Waals surface area contributed by atoms with E-state index in [2.05, 4.69) is 12.1 Å². The predicted molar refractivity (Wildman–Crippen MR) is 84.2 cm³/mol. The van der Waals surface area contributed by atoms with Gasteiger partial charge >= 0.3 is 5.97 Å². The summed E-state index contributed by atoms with van der Waals surface area (Å²) in [6.07, 6.45) is 4.64. The molecular formula is C17H22N2O2. The Balaban J connectivity index is 1.72. The number of benzene rings is 1. The van der Waals surface area contributed by atoms with Crippen LogP contribution >= 0.6 is 0 Å². The lowest BCUT2D eigenvalue weighted by Gasteiger charge is -2.07.